The molecule has 3 aromatic carbocycles. The van der Waals surface area contributed by atoms with Gasteiger partial charge >= 0.3 is 11.9 Å². The lowest BCUT2D eigenvalue weighted by Gasteiger charge is -2.25. The molecule has 6 rings (SSSR count). The van der Waals surface area contributed by atoms with E-state index in [1.54, 1.807) is 51.3 Å². The van der Waals surface area contributed by atoms with Gasteiger partial charge in [-0.15, -0.1) is 0 Å². The first-order valence-corrected chi connectivity index (χ1v) is 18.1. The molecule has 0 bridgehead atoms. The topological polar surface area (TPSA) is 142 Å². The molecule has 0 fully saturated rings. The summed E-state index contributed by atoms with van der Waals surface area (Å²) < 4.78 is 47.1. The van der Waals surface area contributed by atoms with Gasteiger partial charge in [-0.05, 0) is 103 Å². The minimum atomic E-state index is -0.895. The van der Waals surface area contributed by atoms with E-state index < -0.39 is 18.0 Å². The molecule has 272 valence electrons. The van der Waals surface area contributed by atoms with Gasteiger partial charge < -0.3 is 37.9 Å². The highest BCUT2D eigenvalue weighted by molar-refractivity contribution is 14.1. The highest BCUT2D eigenvalue weighted by atomic mass is 127. The van der Waals surface area contributed by atoms with Crippen LogP contribution in [0, 0.1) is 3.57 Å². The first-order chi connectivity index (χ1) is 25.1. The first-order valence-electron chi connectivity index (χ1n) is 16.2. The molecule has 1 aromatic heterocycles. The maximum absolute atomic E-state index is 14.3. The van der Waals surface area contributed by atoms with Crippen molar-refractivity contribution in [3.63, 3.8) is 0 Å². The monoisotopic (exact) mass is 842 g/mol. The number of thiazole rings is 1. The Morgan fingerprint density at radius 3 is 2.54 bits per heavy atom. The molecule has 4 aromatic rings. The molecule has 15 heteroatoms. The molecular formula is C37H35IN2O11S. The number of carbonyl (C=O) groups excluding carboxylic acids is 2. The van der Waals surface area contributed by atoms with Crippen molar-refractivity contribution >= 4 is 51.9 Å². The van der Waals surface area contributed by atoms with Gasteiger partial charge in [-0.2, -0.15) is 0 Å². The third kappa shape index (κ3) is 7.60. The second-order valence-electron chi connectivity index (χ2n) is 11.3. The number of aromatic nitrogens is 1. The number of benzene rings is 3. The molecule has 13 nitrogen and oxygen atoms in total. The third-order valence-corrected chi connectivity index (χ3v) is 9.83. The summed E-state index contributed by atoms with van der Waals surface area (Å²) in [4.78, 5) is 44.6. The van der Waals surface area contributed by atoms with Crippen molar-refractivity contribution < 1.29 is 47.5 Å². The van der Waals surface area contributed by atoms with Crippen molar-refractivity contribution in [3.8, 4) is 34.5 Å². The van der Waals surface area contributed by atoms with Crippen molar-refractivity contribution in [1.82, 2.24) is 4.57 Å². The van der Waals surface area contributed by atoms with Gasteiger partial charge in [0, 0.05) is 0 Å². The van der Waals surface area contributed by atoms with Crippen LogP contribution in [0.5, 0.6) is 34.5 Å². The van der Waals surface area contributed by atoms with Crippen molar-refractivity contribution in [2.45, 2.75) is 33.4 Å². The van der Waals surface area contributed by atoms with Crippen molar-refractivity contribution in [3.05, 3.63) is 99.7 Å². The Kier molecular flexibility index (Phi) is 11.4. The quantitative estimate of drug-likeness (QED) is 0.137. The minimum absolute atomic E-state index is 0.133. The van der Waals surface area contributed by atoms with E-state index in [1.165, 1.54) is 23.0 Å². The zero-order valence-electron chi connectivity index (χ0n) is 29.0. The number of methoxy groups -OCH3 is 2. The number of hydrogen-bond donors (Lipinski definition) is 0. The summed E-state index contributed by atoms with van der Waals surface area (Å²) in [6.45, 7) is 5.79. The molecule has 1 atom stereocenters. The van der Waals surface area contributed by atoms with Crippen LogP contribution in [-0.2, 0) is 25.7 Å². The molecule has 0 N–H and O–H groups in total. The number of carbonyl (C=O) groups is 2. The van der Waals surface area contributed by atoms with Crippen LogP contribution in [0.4, 0.5) is 0 Å². The lowest BCUT2D eigenvalue weighted by atomic mass is 9.95. The summed E-state index contributed by atoms with van der Waals surface area (Å²) in [5.41, 5.74) is 2.43. The third-order valence-electron chi connectivity index (χ3n) is 8.04. The maximum atomic E-state index is 14.3. The molecule has 0 amide bonds. The lowest BCUT2D eigenvalue weighted by Crippen LogP contribution is -2.40. The fourth-order valence-corrected chi connectivity index (χ4v) is 7.51. The maximum Gasteiger partial charge on any atom is 0.343 e. The van der Waals surface area contributed by atoms with Gasteiger partial charge in [0.05, 0.1) is 52.8 Å². The summed E-state index contributed by atoms with van der Waals surface area (Å²) in [5, 5.41) is 0. The van der Waals surface area contributed by atoms with E-state index in [2.05, 4.69) is 27.6 Å². The molecule has 0 spiro atoms. The van der Waals surface area contributed by atoms with E-state index in [4.69, 9.17) is 37.9 Å². The van der Waals surface area contributed by atoms with E-state index in [0.29, 0.717) is 67.3 Å². The average Bonchev–Trinajstić information content (AvgIpc) is 3.72. The van der Waals surface area contributed by atoms with Crippen LogP contribution in [0.15, 0.2) is 69.6 Å². The molecule has 0 radical (unpaired) electrons. The largest absolute Gasteiger partial charge is 0.493 e. The number of fused-ring (bicyclic) bond motifs is 2. The van der Waals surface area contributed by atoms with Crippen LogP contribution in [0.25, 0.3) is 6.08 Å². The van der Waals surface area contributed by atoms with Crippen molar-refractivity contribution in [1.29, 1.82) is 0 Å². The van der Waals surface area contributed by atoms with E-state index in [0.717, 1.165) is 9.13 Å². The van der Waals surface area contributed by atoms with Crippen LogP contribution < -0.4 is 43.3 Å². The summed E-state index contributed by atoms with van der Waals surface area (Å²) in [6.07, 6.45) is 1.76. The summed E-state index contributed by atoms with van der Waals surface area (Å²) in [6, 6.07) is 13.5. The number of hydrogen-bond acceptors (Lipinski definition) is 13. The van der Waals surface area contributed by atoms with Gasteiger partial charge in [0.15, 0.2) is 45.9 Å². The van der Waals surface area contributed by atoms with Crippen LogP contribution in [-0.4, -0.2) is 57.3 Å². The molecule has 0 saturated carbocycles. The first kappa shape index (κ1) is 36.8. The SMILES string of the molecule is CCOC(=O)C1=C(C)N=c2s/c(=C\c3cc(I)c(OCc4ccc5c(c4)OCO5)c(OC)c3)c(=O)n2[C@H]1c1ccc(OCC(=O)OC)c(OCC)c1. The number of nitrogens with zero attached hydrogens (tertiary/aromatic N) is 2. The fourth-order valence-electron chi connectivity index (χ4n) is 5.69. The zero-order valence-corrected chi connectivity index (χ0v) is 32.0. The van der Waals surface area contributed by atoms with Crippen molar-refractivity contribution in [2.24, 2.45) is 4.99 Å². The molecule has 52 heavy (non-hydrogen) atoms. The number of allylic oxidation sites excluding steroid dienone is 1. The van der Waals surface area contributed by atoms with Gasteiger partial charge in [0.25, 0.3) is 5.56 Å². The Morgan fingerprint density at radius 2 is 1.79 bits per heavy atom. The van der Waals surface area contributed by atoms with E-state index in [-0.39, 0.29) is 37.7 Å². The predicted octanol–water partition coefficient (Wildman–Crippen LogP) is 4.67. The normalized spacial score (nSPS) is 14.7. The van der Waals surface area contributed by atoms with Gasteiger partial charge in [0.1, 0.15) is 6.61 Å². The van der Waals surface area contributed by atoms with Gasteiger partial charge in [0.2, 0.25) is 6.79 Å². The standard InChI is InChI=1S/C37H35IN2O11S/c1-6-46-28-16-23(9-11-25(28)48-18-31(41)45-5)33-32(36(43)47-7-2)20(3)39-37-40(33)35(42)30(52-37)15-22-12-24(38)34(29(14-22)44-4)49-17-21-8-10-26-27(13-21)51-19-50-26/h8-16,33H,6-7,17-19H2,1-5H3/b30-15-/t33-/m0/s1. The summed E-state index contributed by atoms with van der Waals surface area (Å²) in [5.74, 6) is 1.88. The smallest absolute Gasteiger partial charge is 0.343 e. The number of esters is 2. The summed E-state index contributed by atoms with van der Waals surface area (Å²) >= 11 is 3.37. The van der Waals surface area contributed by atoms with Crippen LogP contribution >= 0.6 is 33.9 Å². The van der Waals surface area contributed by atoms with Gasteiger partial charge in [-0.25, -0.2) is 14.6 Å². The molecule has 3 heterocycles. The lowest BCUT2D eigenvalue weighted by molar-refractivity contribution is -0.143. The van der Waals surface area contributed by atoms with Crippen LogP contribution in [0.2, 0.25) is 0 Å². The Hall–Kier alpha value is -5.03. The highest BCUT2D eigenvalue weighted by Crippen LogP contribution is 2.38. The Balaban J connectivity index is 1.38. The zero-order chi connectivity index (χ0) is 36.9. The summed E-state index contributed by atoms with van der Waals surface area (Å²) in [7, 11) is 2.82. The van der Waals surface area contributed by atoms with Crippen LogP contribution in [0.1, 0.15) is 43.5 Å². The van der Waals surface area contributed by atoms with Crippen molar-refractivity contribution in [2.75, 3.05) is 40.8 Å². The number of halogens is 1. The molecule has 2 aliphatic heterocycles. The number of ether oxygens (including phenoxy) is 8. The predicted molar refractivity (Wildman–Crippen MR) is 198 cm³/mol. The second-order valence-corrected chi connectivity index (χ2v) is 13.5. The van der Waals surface area contributed by atoms with E-state index in [9.17, 15) is 14.4 Å². The molecule has 0 saturated heterocycles. The van der Waals surface area contributed by atoms with E-state index in [1.807, 2.05) is 31.2 Å². The fraction of sp³-hybridized carbons (Fsp3) is 0.297. The minimum Gasteiger partial charge on any atom is -0.493 e. The molecule has 0 unspecified atom stereocenters. The molecular weight excluding hydrogens is 807 g/mol. The molecule has 0 aliphatic carbocycles. The van der Waals surface area contributed by atoms with E-state index >= 15 is 0 Å². The average molecular weight is 843 g/mol. The van der Waals surface area contributed by atoms with Crippen LogP contribution in [0.3, 0.4) is 0 Å². The number of rotatable bonds is 13. The highest BCUT2D eigenvalue weighted by Gasteiger charge is 2.34. The molecule has 2 aliphatic rings. The Bertz CT molecular complexity index is 2240. The van der Waals surface area contributed by atoms with Gasteiger partial charge in [-0.1, -0.05) is 23.5 Å². The Labute approximate surface area is 316 Å². The second kappa shape index (κ2) is 16.1. The van der Waals surface area contributed by atoms with Gasteiger partial charge in [-0.3, -0.25) is 9.36 Å². The Morgan fingerprint density at radius 1 is 0.981 bits per heavy atom.